The van der Waals surface area contributed by atoms with Crippen molar-refractivity contribution >= 4 is 11.6 Å². The van der Waals surface area contributed by atoms with Crippen LogP contribution in [0.15, 0.2) is 36.0 Å². The van der Waals surface area contributed by atoms with E-state index in [0.29, 0.717) is 25.1 Å². The highest BCUT2D eigenvalue weighted by atomic mass is 16.5. The van der Waals surface area contributed by atoms with Gasteiger partial charge in [-0.2, -0.15) is 0 Å². The van der Waals surface area contributed by atoms with Crippen molar-refractivity contribution in [2.75, 3.05) is 6.61 Å². The molecule has 0 saturated heterocycles. The average Bonchev–Trinajstić information content (AvgIpc) is 3.04. The van der Waals surface area contributed by atoms with E-state index in [2.05, 4.69) is 11.9 Å². The van der Waals surface area contributed by atoms with Gasteiger partial charge < -0.3 is 14.9 Å². The quantitative estimate of drug-likeness (QED) is 0.748. The van der Waals surface area contributed by atoms with Crippen molar-refractivity contribution in [2.24, 2.45) is 28.6 Å². The van der Waals surface area contributed by atoms with Crippen molar-refractivity contribution < 1.29 is 24.5 Å². The Morgan fingerprint density at radius 3 is 2.78 bits per heavy atom. The summed E-state index contributed by atoms with van der Waals surface area (Å²) < 4.78 is 5.58. The molecule has 0 aliphatic heterocycles. The summed E-state index contributed by atoms with van der Waals surface area (Å²) in [6.45, 7) is 3.97. The largest absolute Gasteiger partial charge is 0.470 e. The molecule has 0 amide bonds. The summed E-state index contributed by atoms with van der Waals surface area (Å²) in [7, 11) is 0. The van der Waals surface area contributed by atoms with E-state index in [1.165, 1.54) is 5.57 Å². The van der Waals surface area contributed by atoms with E-state index in [9.17, 15) is 19.8 Å². The highest BCUT2D eigenvalue weighted by Crippen LogP contribution is 2.67. The van der Waals surface area contributed by atoms with Gasteiger partial charge in [0.2, 0.25) is 11.7 Å². The van der Waals surface area contributed by atoms with Gasteiger partial charge in [-0.05, 0) is 73.8 Å². The van der Waals surface area contributed by atoms with Gasteiger partial charge in [0.15, 0.2) is 12.4 Å². The first kappa shape index (κ1) is 21.8. The summed E-state index contributed by atoms with van der Waals surface area (Å²) in [5.74, 6) is 0.688. The smallest absolute Gasteiger partial charge is 0.213 e. The number of nitrogens with zero attached hydrogens (tertiary/aromatic N) is 1. The highest BCUT2D eigenvalue weighted by molar-refractivity contribution is 5.92. The van der Waals surface area contributed by atoms with E-state index in [1.807, 2.05) is 13.0 Å². The normalized spacial score (nSPS) is 43.0. The molecule has 7 atom stereocenters. The SMILES string of the molecule is CC12CCC(=O)C=C1CCC1C2[C@@H](O)CC2(C)C1CC[C@]2(O)C(=O)COc1ccccn1. The summed E-state index contributed by atoms with van der Waals surface area (Å²) in [5.41, 5.74) is -1.20. The number of aliphatic hydroxyl groups excluding tert-OH is 1. The summed E-state index contributed by atoms with van der Waals surface area (Å²) in [6, 6.07) is 5.25. The highest BCUT2D eigenvalue weighted by Gasteiger charge is 2.68. The van der Waals surface area contributed by atoms with Crippen LogP contribution in [0.2, 0.25) is 0 Å². The van der Waals surface area contributed by atoms with Crippen LogP contribution in [0.25, 0.3) is 0 Å². The Kier molecular flexibility index (Phi) is 5.10. The number of aromatic nitrogens is 1. The zero-order valence-electron chi connectivity index (χ0n) is 18.9. The number of aliphatic hydroxyl groups is 2. The lowest BCUT2D eigenvalue weighted by Gasteiger charge is -2.60. The zero-order chi connectivity index (χ0) is 22.7. The summed E-state index contributed by atoms with van der Waals surface area (Å²) in [6.07, 6.45) is 7.43. The molecule has 3 fully saturated rings. The van der Waals surface area contributed by atoms with Crippen molar-refractivity contribution in [3.8, 4) is 5.88 Å². The number of rotatable bonds is 4. The molecule has 2 N–H and O–H groups in total. The molecule has 6 heteroatoms. The standard InChI is InChI=1S/C26H33NO5/c1-24-10-8-17(28)13-16(24)6-7-18-19-9-11-26(31,25(19,2)14-20(29)23(18)24)21(30)15-32-22-5-3-4-12-27-22/h3-5,12-13,18-20,23,29,31H,6-11,14-15H2,1-2H3/t18?,19?,20-,23?,24?,25?,26-/m0/s1. The Hall–Kier alpha value is -2.05. The van der Waals surface area contributed by atoms with Crippen LogP contribution in [0.4, 0.5) is 0 Å². The Morgan fingerprint density at radius 2 is 2.03 bits per heavy atom. The van der Waals surface area contributed by atoms with E-state index in [-0.39, 0.29) is 41.3 Å². The van der Waals surface area contributed by atoms with Crippen molar-refractivity contribution in [3.05, 3.63) is 36.0 Å². The molecular weight excluding hydrogens is 406 g/mol. The number of Topliss-reactive ketones (excluding diaryl/α,β-unsaturated/α-hetero) is 1. The number of hydrogen-bond acceptors (Lipinski definition) is 6. The van der Waals surface area contributed by atoms with Gasteiger partial charge >= 0.3 is 0 Å². The van der Waals surface area contributed by atoms with Crippen LogP contribution in [-0.4, -0.2) is 45.1 Å². The fraction of sp³-hybridized carbons (Fsp3) is 0.654. The molecular formula is C26H33NO5. The fourth-order valence-electron chi connectivity index (χ4n) is 7.84. The zero-order valence-corrected chi connectivity index (χ0v) is 18.9. The van der Waals surface area contributed by atoms with Crippen LogP contribution in [0.3, 0.4) is 0 Å². The van der Waals surface area contributed by atoms with Gasteiger partial charge in [-0.25, -0.2) is 4.98 Å². The van der Waals surface area contributed by atoms with Crippen LogP contribution in [0.5, 0.6) is 5.88 Å². The van der Waals surface area contributed by atoms with Crippen LogP contribution in [0, 0.1) is 28.6 Å². The monoisotopic (exact) mass is 439 g/mol. The molecule has 6 nitrogen and oxygen atoms in total. The van der Waals surface area contributed by atoms with Crippen LogP contribution in [0.1, 0.15) is 58.8 Å². The van der Waals surface area contributed by atoms with Gasteiger partial charge in [0.05, 0.1) is 6.10 Å². The Balaban J connectivity index is 1.40. The van der Waals surface area contributed by atoms with Gasteiger partial charge in [-0.1, -0.05) is 25.5 Å². The summed E-state index contributed by atoms with van der Waals surface area (Å²) >= 11 is 0. The Morgan fingerprint density at radius 1 is 1.22 bits per heavy atom. The molecule has 3 saturated carbocycles. The number of ether oxygens (including phenoxy) is 1. The summed E-state index contributed by atoms with van der Waals surface area (Å²) in [5, 5.41) is 23.1. The maximum absolute atomic E-state index is 13.3. The lowest BCUT2D eigenvalue weighted by atomic mass is 9.45. The fourth-order valence-corrected chi connectivity index (χ4v) is 7.84. The molecule has 4 aliphatic rings. The molecule has 0 radical (unpaired) electrons. The van der Waals surface area contributed by atoms with Gasteiger partial charge in [-0.15, -0.1) is 0 Å². The third-order valence-electron chi connectivity index (χ3n) is 9.50. The first-order valence-electron chi connectivity index (χ1n) is 11.9. The first-order valence-corrected chi connectivity index (χ1v) is 11.9. The maximum Gasteiger partial charge on any atom is 0.213 e. The van der Waals surface area contributed by atoms with Crippen LogP contribution >= 0.6 is 0 Å². The first-order chi connectivity index (χ1) is 15.2. The average molecular weight is 440 g/mol. The molecule has 0 aromatic carbocycles. The lowest BCUT2D eigenvalue weighted by molar-refractivity contribution is -0.181. The second-order valence-electron chi connectivity index (χ2n) is 10.9. The van der Waals surface area contributed by atoms with Crippen molar-refractivity contribution in [3.63, 3.8) is 0 Å². The topological polar surface area (TPSA) is 96.7 Å². The molecule has 172 valence electrons. The van der Waals surface area contributed by atoms with E-state index in [4.69, 9.17) is 4.74 Å². The van der Waals surface area contributed by atoms with Crippen molar-refractivity contribution in [1.82, 2.24) is 4.98 Å². The number of allylic oxidation sites excluding steroid dienone is 1. The Labute approximate surface area is 189 Å². The molecule has 0 bridgehead atoms. The molecule has 5 unspecified atom stereocenters. The maximum atomic E-state index is 13.3. The van der Waals surface area contributed by atoms with Crippen LogP contribution in [-0.2, 0) is 9.59 Å². The van der Waals surface area contributed by atoms with E-state index in [1.54, 1.807) is 24.4 Å². The van der Waals surface area contributed by atoms with Crippen molar-refractivity contribution in [1.29, 1.82) is 0 Å². The second kappa shape index (κ2) is 7.49. The number of hydrogen-bond donors (Lipinski definition) is 2. The molecule has 1 aromatic rings. The second-order valence-corrected chi connectivity index (χ2v) is 10.9. The molecule has 32 heavy (non-hydrogen) atoms. The number of pyridine rings is 1. The number of fused-ring (bicyclic) bond motifs is 5. The number of carbonyl (C=O) groups excluding carboxylic acids is 2. The molecule has 1 heterocycles. The van der Waals surface area contributed by atoms with E-state index in [0.717, 1.165) is 25.7 Å². The predicted molar refractivity (Wildman–Crippen MR) is 118 cm³/mol. The van der Waals surface area contributed by atoms with Gasteiger partial charge in [0, 0.05) is 24.1 Å². The minimum atomic E-state index is -1.52. The molecule has 5 rings (SSSR count). The van der Waals surface area contributed by atoms with Gasteiger partial charge in [-0.3, -0.25) is 9.59 Å². The minimum Gasteiger partial charge on any atom is -0.470 e. The third kappa shape index (κ3) is 3.02. The molecule has 4 aliphatic carbocycles. The van der Waals surface area contributed by atoms with Gasteiger partial charge in [0.1, 0.15) is 5.60 Å². The van der Waals surface area contributed by atoms with E-state index < -0.39 is 17.1 Å². The lowest BCUT2D eigenvalue weighted by Crippen LogP contribution is -2.62. The minimum absolute atomic E-state index is 0.0656. The Bertz CT molecular complexity index is 960. The number of carbonyl (C=O) groups is 2. The third-order valence-corrected chi connectivity index (χ3v) is 9.50. The number of ketones is 2. The van der Waals surface area contributed by atoms with Crippen molar-refractivity contribution in [2.45, 2.75) is 70.5 Å². The summed E-state index contributed by atoms with van der Waals surface area (Å²) in [4.78, 5) is 29.4. The van der Waals surface area contributed by atoms with Gasteiger partial charge in [0.25, 0.3) is 0 Å². The van der Waals surface area contributed by atoms with Crippen LogP contribution < -0.4 is 4.74 Å². The van der Waals surface area contributed by atoms with E-state index >= 15 is 0 Å². The molecule has 1 aromatic heterocycles. The predicted octanol–water partition coefficient (Wildman–Crippen LogP) is 3.26. The molecule has 0 spiro atoms.